The molecule has 1 amide bonds. The largest absolute Gasteiger partial charge is 0.360 e. The molecule has 7 nitrogen and oxygen atoms in total. The molecule has 0 saturated carbocycles. The smallest absolute Gasteiger partial charge is 0.258 e. The number of aromatic amines is 1. The first-order valence-electron chi connectivity index (χ1n) is 7.85. The first-order chi connectivity index (χ1) is 12.1. The van der Waals surface area contributed by atoms with E-state index in [1.807, 2.05) is 44.2 Å². The van der Waals surface area contributed by atoms with Gasteiger partial charge in [0.25, 0.3) is 5.91 Å². The van der Waals surface area contributed by atoms with E-state index in [0.717, 1.165) is 22.3 Å². The van der Waals surface area contributed by atoms with Gasteiger partial charge in [-0.15, -0.1) is 0 Å². The summed E-state index contributed by atoms with van der Waals surface area (Å²) in [6.07, 6.45) is 3.11. The number of nitrogens with one attached hydrogen (secondary N) is 2. The normalized spacial score (nSPS) is 11.0. The Hall–Kier alpha value is -3.48. The van der Waals surface area contributed by atoms with Crippen LogP contribution in [0.4, 0.5) is 5.82 Å². The molecular formula is C18H16N6O. The van der Waals surface area contributed by atoms with Gasteiger partial charge in [-0.3, -0.25) is 4.79 Å². The maximum Gasteiger partial charge on any atom is 0.258 e. The van der Waals surface area contributed by atoms with Crippen molar-refractivity contribution in [3.63, 3.8) is 0 Å². The average Bonchev–Trinajstić information content (AvgIpc) is 3.18. The van der Waals surface area contributed by atoms with Crippen LogP contribution < -0.4 is 5.32 Å². The van der Waals surface area contributed by atoms with Gasteiger partial charge >= 0.3 is 0 Å². The van der Waals surface area contributed by atoms with Gasteiger partial charge in [0, 0.05) is 28.9 Å². The Morgan fingerprint density at radius 1 is 1.16 bits per heavy atom. The lowest BCUT2D eigenvalue weighted by Crippen LogP contribution is -2.13. The molecule has 0 spiro atoms. The number of hydrogen-bond donors (Lipinski definition) is 2. The van der Waals surface area contributed by atoms with E-state index in [0.29, 0.717) is 17.2 Å². The lowest BCUT2D eigenvalue weighted by molar-refractivity contribution is 0.102. The third-order valence-electron chi connectivity index (χ3n) is 3.95. The Bertz CT molecular complexity index is 1080. The highest BCUT2D eigenvalue weighted by Crippen LogP contribution is 2.19. The molecule has 0 radical (unpaired) electrons. The van der Waals surface area contributed by atoms with E-state index >= 15 is 0 Å². The molecule has 0 aliphatic carbocycles. The van der Waals surface area contributed by atoms with Crippen LogP contribution in [-0.4, -0.2) is 30.6 Å². The lowest BCUT2D eigenvalue weighted by Gasteiger charge is -2.07. The van der Waals surface area contributed by atoms with E-state index in [-0.39, 0.29) is 5.91 Å². The summed E-state index contributed by atoms with van der Waals surface area (Å²) in [4.78, 5) is 24.1. The van der Waals surface area contributed by atoms with Gasteiger partial charge in [0.2, 0.25) is 0 Å². The number of para-hydroxylation sites is 1. The molecular weight excluding hydrogens is 316 g/mol. The summed E-state index contributed by atoms with van der Waals surface area (Å²) >= 11 is 0. The van der Waals surface area contributed by atoms with E-state index in [1.54, 1.807) is 16.9 Å². The quantitative estimate of drug-likeness (QED) is 0.603. The minimum atomic E-state index is -0.226. The second kappa shape index (κ2) is 5.86. The van der Waals surface area contributed by atoms with Gasteiger partial charge in [-0.2, -0.15) is 5.10 Å². The zero-order valence-corrected chi connectivity index (χ0v) is 13.8. The molecule has 1 aromatic carbocycles. The maximum absolute atomic E-state index is 12.6. The molecule has 25 heavy (non-hydrogen) atoms. The number of H-pyrrole nitrogens is 1. The molecule has 4 aromatic rings. The van der Waals surface area contributed by atoms with Crippen LogP contribution in [0, 0.1) is 13.8 Å². The molecule has 0 atom stereocenters. The summed E-state index contributed by atoms with van der Waals surface area (Å²) in [6, 6.07) is 11.3. The van der Waals surface area contributed by atoms with Crippen LogP contribution in [-0.2, 0) is 0 Å². The van der Waals surface area contributed by atoms with Crippen LogP contribution in [0.5, 0.6) is 0 Å². The van der Waals surface area contributed by atoms with Gasteiger partial charge in [0.1, 0.15) is 12.1 Å². The Labute approximate surface area is 143 Å². The molecule has 0 aliphatic heterocycles. The number of anilines is 1. The molecule has 3 heterocycles. The third-order valence-corrected chi connectivity index (χ3v) is 3.95. The molecule has 4 rings (SSSR count). The van der Waals surface area contributed by atoms with E-state index < -0.39 is 0 Å². The van der Waals surface area contributed by atoms with Crippen LogP contribution in [0.25, 0.3) is 16.7 Å². The molecule has 0 unspecified atom stereocenters. The van der Waals surface area contributed by atoms with Crippen molar-refractivity contribution < 1.29 is 4.79 Å². The predicted molar refractivity (Wildman–Crippen MR) is 94.9 cm³/mol. The lowest BCUT2D eigenvalue weighted by atomic mass is 10.1. The number of amides is 1. The number of aryl methyl sites for hydroxylation is 2. The highest BCUT2D eigenvalue weighted by molar-refractivity contribution is 6.12. The first-order valence-corrected chi connectivity index (χ1v) is 7.85. The van der Waals surface area contributed by atoms with E-state index in [4.69, 9.17) is 0 Å². The van der Waals surface area contributed by atoms with Crippen LogP contribution in [0.15, 0.2) is 48.9 Å². The number of carbonyl (C=O) groups excluding carboxylic acids is 1. The summed E-state index contributed by atoms with van der Waals surface area (Å²) in [5, 5.41) is 8.09. The van der Waals surface area contributed by atoms with Crippen LogP contribution in [0.1, 0.15) is 21.7 Å². The van der Waals surface area contributed by atoms with Crippen molar-refractivity contribution in [1.82, 2.24) is 24.7 Å². The zero-order valence-electron chi connectivity index (χ0n) is 13.8. The van der Waals surface area contributed by atoms with Gasteiger partial charge < -0.3 is 10.3 Å². The molecule has 0 bridgehead atoms. The molecule has 124 valence electrons. The second-order valence-electron chi connectivity index (χ2n) is 5.80. The molecule has 0 fully saturated rings. The second-order valence-corrected chi connectivity index (χ2v) is 5.80. The number of rotatable bonds is 3. The van der Waals surface area contributed by atoms with E-state index in [9.17, 15) is 4.79 Å². The molecule has 3 aromatic heterocycles. The number of aromatic nitrogens is 5. The van der Waals surface area contributed by atoms with Crippen molar-refractivity contribution in [1.29, 1.82) is 0 Å². The standard InChI is InChI=1S/C18H16N6O/c1-11-7-12(2)24(23-11)17-8-16(20-10-21-17)22-18(25)14-9-19-15-6-4-3-5-13(14)15/h3-10,19H,1-2H3,(H,20,21,22,25). The minimum Gasteiger partial charge on any atom is -0.360 e. The topological polar surface area (TPSA) is 88.5 Å². The fourth-order valence-corrected chi connectivity index (χ4v) is 2.84. The molecule has 2 N–H and O–H groups in total. The first kappa shape index (κ1) is 15.1. The third kappa shape index (κ3) is 2.76. The highest BCUT2D eigenvalue weighted by Gasteiger charge is 2.13. The number of hydrogen-bond acceptors (Lipinski definition) is 4. The average molecular weight is 332 g/mol. The minimum absolute atomic E-state index is 0.226. The summed E-state index contributed by atoms with van der Waals surface area (Å²) in [5.41, 5.74) is 3.35. The van der Waals surface area contributed by atoms with Crippen LogP contribution in [0.3, 0.4) is 0 Å². The van der Waals surface area contributed by atoms with Gasteiger partial charge in [0.15, 0.2) is 5.82 Å². The number of nitrogens with zero attached hydrogens (tertiary/aromatic N) is 4. The molecule has 7 heteroatoms. The highest BCUT2D eigenvalue weighted by atomic mass is 16.1. The predicted octanol–water partition coefficient (Wildman–Crippen LogP) is 3.01. The van der Waals surface area contributed by atoms with Crippen molar-refractivity contribution in [3.8, 4) is 5.82 Å². The van der Waals surface area contributed by atoms with Crippen LogP contribution in [0.2, 0.25) is 0 Å². The monoisotopic (exact) mass is 332 g/mol. The van der Waals surface area contributed by atoms with Gasteiger partial charge in [-0.25, -0.2) is 14.6 Å². The Morgan fingerprint density at radius 3 is 2.80 bits per heavy atom. The van der Waals surface area contributed by atoms with Crippen molar-refractivity contribution in [2.45, 2.75) is 13.8 Å². The van der Waals surface area contributed by atoms with Gasteiger partial charge in [-0.05, 0) is 26.0 Å². The Balaban J connectivity index is 1.64. The summed E-state index contributed by atoms with van der Waals surface area (Å²) in [7, 11) is 0. The van der Waals surface area contributed by atoms with Crippen molar-refractivity contribution in [2.24, 2.45) is 0 Å². The molecule has 0 aliphatic rings. The maximum atomic E-state index is 12.6. The van der Waals surface area contributed by atoms with Gasteiger partial charge in [0.05, 0.1) is 11.3 Å². The number of benzene rings is 1. The summed E-state index contributed by atoms with van der Waals surface area (Å²) < 4.78 is 1.72. The number of fused-ring (bicyclic) bond motifs is 1. The fourth-order valence-electron chi connectivity index (χ4n) is 2.84. The Morgan fingerprint density at radius 2 is 2.00 bits per heavy atom. The zero-order chi connectivity index (χ0) is 17.4. The Kier molecular flexibility index (Phi) is 3.53. The van der Waals surface area contributed by atoms with E-state index in [2.05, 4.69) is 25.4 Å². The van der Waals surface area contributed by atoms with Crippen molar-refractivity contribution in [2.75, 3.05) is 5.32 Å². The fraction of sp³-hybridized carbons (Fsp3) is 0.111. The summed E-state index contributed by atoms with van der Waals surface area (Å²) in [5.74, 6) is 0.804. The van der Waals surface area contributed by atoms with Crippen molar-refractivity contribution in [3.05, 3.63) is 65.9 Å². The van der Waals surface area contributed by atoms with Crippen molar-refractivity contribution >= 4 is 22.6 Å². The number of carbonyl (C=O) groups is 1. The SMILES string of the molecule is Cc1cc(C)n(-c2cc(NC(=O)c3c[nH]c4ccccc34)ncn2)n1. The molecule has 0 saturated heterocycles. The summed E-state index contributed by atoms with van der Waals surface area (Å²) in [6.45, 7) is 3.87. The van der Waals surface area contributed by atoms with Crippen LogP contribution >= 0.6 is 0 Å². The van der Waals surface area contributed by atoms with E-state index in [1.165, 1.54) is 6.33 Å². The van der Waals surface area contributed by atoms with Gasteiger partial charge in [-0.1, -0.05) is 18.2 Å².